The summed E-state index contributed by atoms with van der Waals surface area (Å²) in [5.74, 6) is 0.106. The molecule has 2 aromatic carbocycles. The van der Waals surface area contributed by atoms with E-state index < -0.39 is 0 Å². The molecule has 0 amide bonds. The maximum Gasteiger partial charge on any atom is 0.179 e. The zero-order valence-electron chi connectivity index (χ0n) is 14.0. The minimum absolute atomic E-state index is 0.0402. The van der Waals surface area contributed by atoms with E-state index in [1.165, 1.54) is 5.56 Å². The van der Waals surface area contributed by atoms with Crippen LogP contribution in [0.1, 0.15) is 28.4 Å². The van der Waals surface area contributed by atoms with Gasteiger partial charge in [0.1, 0.15) is 0 Å². The Kier molecular flexibility index (Phi) is 5.28. The van der Waals surface area contributed by atoms with E-state index in [0.717, 1.165) is 29.8 Å². The summed E-state index contributed by atoms with van der Waals surface area (Å²) < 4.78 is 0. The smallest absolute Gasteiger partial charge is 0.179 e. The van der Waals surface area contributed by atoms with Gasteiger partial charge in [-0.2, -0.15) is 0 Å². The van der Waals surface area contributed by atoms with Crippen LogP contribution in [0.2, 0.25) is 0 Å². The number of nitrogens with one attached hydrogen (secondary N) is 1. The highest BCUT2D eigenvalue weighted by Crippen LogP contribution is 2.24. The molecule has 1 atom stereocenters. The molecule has 0 aliphatic carbocycles. The number of benzene rings is 2. The largest absolute Gasteiger partial charge is 0.395 e. The molecule has 2 aromatic rings. The Labute approximate surface area is 143 Å². The van der Waals surface area contributed by atoms with Gasteiger partial charge in [0.15, 0.2) is 5.78 Å². The number of aliphatic hydroxyl groups is 1. The molecule has 0 spiro atoms. The van der Waals surface area contributed by atoms with Crippen molar-refractivity contribution < 1.29 is 9.90 Å². The molecule has 0 bridgehead atoms. The van der Waals surface area contributed by atoms with E-state index in [-0.39, 0.29) is 18.4 Å². The van der Waals surface area contributed by atoms with Gasteiger partial charge in [0.05, 0.1) is 12.6 Å². The molecule has 1 aliphatic heterocycles. The molecule has 1 unspecified atom stereocenters. The lowest BCUT2D eigenvalue weighted by molar-refractivity contribution is 0.0794. The van der Waals surface area contributed by atoms with Crippen LogP contribution in [0.15, 0.2) is 48.5 Å². The Hall–Kier alpha value is -2.17. The number of aliphatic hydroxyl groups excluding tert-OH is 1. The molecule has 0 aromatic heterocycles. The van der Waals surface area contributed by atoms with Gasteiger partial charge in [0.25, 0.3) is 0 Å². The number of rotatable bonds is 7. The highest BCUT2D eigenvalue weighted by atomic mass is 16.3. The van der Waals surface area contributed by atoms with Gasteiger partial charge in [-0.15, -0.1) is 0 Å². The number of hydrogen-bond donors (Lipinski definition) is 2. The predicted molar refractivity (Wildman–Crippen MR) is 96.4 cm³/mol. The topological polar surface area (TPSA) is 52.6 Å². The second-order valence-corrected chi connectivity index (χ2v) is 6.27. The van der Waals surface area contributed by atoms with Crippen molar-refractivity contribution >= 4 is 11.5 Å². The molecule has 126 valence electrons. The molecule has 4 nitrogen and oxygen atoms in total. The predicted octanol–water partition coefficient (Wildman–Crippen LogP) is 2.72. The molecule has 0 saturated heterocycles. The Balaban J connectivity index is 1.76. The summed E-state index contributed by atoms with van der Waals surface area (Å²) in [7, 11) is 0. The first-order valence-electron chi connectivity index (χ1n) is 8.49. The summed E-state index contributed by atoms with van der Waals surface area (Å²) >= 11 is 0. The van der Waals surface area contributed by atoms with E-state index in [2.05, 4.69) is 5.32 Å². The van der Waals surface area contributed by atoms with Gasteiger partial charge < -0.3 is 10.4 Å². The lowest BCUT2D eigenvalue weighted by Crippen LogP contribution is -2.40. The maximum absolute atomic E-state index is 12.9. The van der Waals surface area contributed by atoms with Crippen molar-refractivity contribution in [3.63, 3.8) is 0 Å². The first-order valence-corrected chi connectivity index (χ1v) is 8.49. The van der Waals surface area contributed by atoms with Crippen LogP contribution in [-0.2, 0) is 13.0 Å². The van der Waals surface area contributed by atoms with Crippen molar-refractivity contribution in [3.8, 4) is 0 Å². The van der Waals surface area contributed by atoms with Crippen LogP contribution in [0.3, 0.4) is 0 Å². The minimum atomic E-state index is -0.273. The van der Waals surface area contributed by atoms with Crippen LogP contribution in [0.5, 0.6) is 0 Å². The van der Waals surface area contributed by atoms with E-state index in [9.17, 15) is 9.90 Å². The number of ketones is 1. The van der Waals surface area contributed by atoms with Crippen LogP contribution in [0, 0.1) is 0 Å². The third kappa shape index (κ3) is 3.66. The number of hydrogen-bond acceptors (Lipinski definition) is 4. The Morgan fingerprint density at radius 3 is 2.79 bits per heavy atom. The molecule has 1 heterocycles. The summed E-state index contributed by atoms with van der Waals surface area (Å²) in [6.45, 7) is 4.03. The number of nitrogens with zero attached hydrogens (tertiary/aromatic N) is 1. The third-order valence-corrected chi connectivity index (χ3v) is 4.64. The van der Waals surface area contributed by atoms with Crippen molar-refractivity contribution in [3.05, 3.63) is 65.2 Å². The normalized spacial score (nSPS) is 14.3. The van der Waals surface area contributed by atoms with Crippen LogP contribution in [0.4, 0.5) is 5.69 Å². The van der Waals surface area contributed by atoms with Crippen LogP contribution in [0.25, 0.3) is 0 Å². The average molecular weight is 324 g/mol. The zero-order valence-corrected chi connectivity index (χ0v) is 14.0. The minimum Gasteiger partial charge on any atom is -0.395 e. The molecule has 0 fully saturated rings. The van der Waals surface area contributed by atoms with Gasteiger partial charge in [-0.3, -0.25) is 9.69 Å². The standard InChI is InChI=1S/C20H24N2O2/c1-15(22(11-12-23)14-16-5-3-2-4-6-16)20(24)18-7-8-19-17(13-18)9-10-21-19/h2-8,13,15,21,23H,9-12,14H2,1H3. The maximum atomic E-state index is 12.9. The number of carbonyl (C=O) groups is 1. The number of Topliss-reactive ketones (excluding diaryl/α,β-unsaturated/α-hetero) is 1. The lowest BCUT2D eigenvalue weighted by atomic mass is 10.00. The SMILES string of the molecule is CC(C(=O)c1ccc2c(c1)CCN2)N(CCO)Cc1ccccc1. The van der Waals surface area contributed by atoms with Gasteiger partial charge >= 0.3 is 0 Å². The molecule has 1 aliphatic rings. The lowest BCUT2D eigenvalue weighted by Gasteiger charge is -2.27. The zero-order chi connectivity index (χ0) is 16.9. The van der Waals surface area contributed by atoms with E-state index >= 15 is 0 Å². The Bertz CT molecular complexity index is 700. The molecule has 2 N–H and O–H groups in total. The van der Waals surface area contributed by atoms with Crippen LogP contribution in [-0.4, -0.2) is 41.5 Å². The molecular formula is C20H24N2O2. The number of carbonyl (C=O) groups excluding carboxylic acids is 1. The molecule has 24 heavy (non-hydrogen) atoms. The Morgan fingerprint density at radius 1 is 1.25 bits per heavy atom. The summed E-state index contributed by atoms with van der Waals surface area (Å²) in [5, 5.41) is 12.7. The first-order chi connectivity index (χ1) is 11.7. The van der Waals surface area contributed by atoms with Crippen LogP contribution < -0.4 is 5.32 Å². The molecular weight excluding hydrogens is 300 g/mol. The van der Waals surface area contributed by atoms with E-state index in [1.54, 1.807) is 0 Å². The van der Waals surface area contributed by atoms with Crippen molar-refractivity contribution in [2.24, 2.45) is 0 Å². The Morgan fingerprint density at radius 2 is 2.04 bits per heavy atom. The van der Waals surface area contributed by atoms with Gasteiger partial charge in [0, 0.05) is 30.9 Å². The summed E-state index contributed by atoms with van der Waals surface area (Å²) in [4.78, 5) is 14.9. The van der Waals surface area contributed by atoms with E-state index in [1.807, 2.05) is 60.4 Å². The van der Waals surface area contributed by atoms with Crippen molar-refractivity contribution in [1.29, 1.82) is 0 Å². The van der Waals surface area contributed by atoms with Crippen molar-refractivity contribution in [2.45, 2.75) is 25.9 Å². The monoisotopic (exact) mass is 324 g/mol. The summed E-state index contributed by atoms with van der Waals surface area (Å²) in [6.07, 6.45) is 0.967. The van der Waals surface area contributed by atoms with Gasteiger partial charge in [-0.25, -0.2) is 0 Å². The fraction of sp³-hybridized carbons (Fsp3) is 0.350. The second-order valence-electron chi connectivity index (χ2n) is 6.27. The second kappa shape index (κ2) is 7.60. The molecule has 4 heteroatoms. The molecule has 3 rings (SSSR count). The highest BCUT2D eigenvalue weighted by Gasteiger charge is 2.23. The van der Waals surface area contributed by atoms with Gasteiger partial charge in [-0.1, -0.05) is 30.3 Å². The highest BCUT2D eigenvalue weighted by molar-refractivity contribution is 6.00. The number of fused-ring (bicyclic) bond motifs is 1. The summed E-state index contributed by atoms with van der Waals surface area (Å²) in [6, 6.07) is 15.7. The van der Waals surface area contributed by atoms with Gasteiger partial charge in [0.2, 0.25) is 0 Å². The number of anilines is 1. The van der Waals surface area contributed by atoms with Crippen molar-refractivity contribution in [1.82, 2.24) is 4.90 Å². The van der Waals surface area contributed by atoms with Crippen LogP contribution >= 0.6 is 0 Å². The molecule has 0 saturated carbocycles. The fourth-order valence-corrected chi connectivity index (χ4v) is 3.22. The third-order valence-electron chi connectivity index (χ3n) is 4.64. The average Bonchev–Trinajstić information content (AvgIpc) is 3.08. The quantitative estimate of drug-likeness (QED) is 0.769. The van der Waals surface area contributed by atoms with Gasteiger partial charge in [-0.05, 0) is 42.7 Å². The first kappa shape index (κ1) is 16.7. The van der Waals surface area contributed by atoms with Crippen molar-refractivity contribution in [2.75, 3.05) is 25.0 Å². The fourth-order valence-electron chi connectivity index (χ4n) is 3.22. The summed E-state index contributed by atoms with van der Waals surface area (Å²) in [5.41, 5.74) is 4.24. The van der Waals surface area contributed by atoms with E-state index in [4.69, 9.17) is 0 Å². The van der Waals surface area contributed by atoms with E-state index in [0.29, 0.717) is 13.1 Å². The molecule has 0 radical (unpaired) electrons.